The Kier molecular flexibility index (Phi) is 4.94. The van der Waals surface area contributed by atoms with Crippen LogP contribution < -0.4 is 11.2 Å². The van der Waals surface area contributed by atoms with Gasteiger partial charge in [-0.25, -0.2) is 17.6 Å². The molecule has 0 spiro atoms. The fourth-order valence-electron chi connectivity index (χ4n) is 4.24. The van der Waals surface area contributed by atoms with Crippen molar-refractivity contribution in [3.05, 3.63) is 68.2 Å². The molecule has 2 N–H and O–H groups in total. The number of H-pyrrole nitrogens is 1. The van der Waals surface area contributed by atoms with Gasteiger partial charge in [0.25, 0.3) is 5.56 Å². The van der Waals surface area contributed by atoms with Gasteiger partial charge >= 0.3 is 23.5 Å². The number of sulfone groups is 1. The molecule has 1 aliphatic carbocycles. The van der Waals surface area contributed by atoms with E-state index < -0.39 is 92.1 Å². The molecule has 1 aliphatic rings. The average Bonchev–Trinajstić information content (AvgIpc) is 3.20. The third kappa shape index (κ3) is 2.99. The average molecular weight is 572 g/mol. The molecule has 0 radical (unpaired) electrons. The van der Waals surface area contributed by atoms with Crippen LogP contribution in [0.4, 0.5) is 30.7 Å². The third-order valence-corrected chi connectivity index (χ3v) is 8.20. The molecule has 4 aromatic rings. The second-order valence-corrected chi connectivity index (χ2v) is 10.5. The lowest BCUT2D eigenvalue weighted by Gasteiger charge is -2.50. The van der Waals surface area contributed by atoms with Crippen molar-refractivity contribution >= 4 is 43.2 Å². The number of rotatable bonds is 3. The van der Waals surface area contributed by atoms with Gasteiger partial charge in [0.15, 0.2) is 6.04 Å². The molecule has 2 aromatic carbocycles. The number of nitrogens with zero attached hydrogens (tertiary/aromatic N) is 2. The van der Waals surface area contributed by atoms with Crippen molar-refractivity contribution in [3.63, 3.8) is 0 Å². The molecule has 2 heterocycles. The molecule has 196 valence electrons. The molecule has 8 nitrogen and oxygen atoms in total. The number of hydrogen-bond donors (Lipinski definition) is 2. The van der Waals surface area contributed by atoms with Gasteiger partial charge in [-0.3, -0.25) is 4.79 Å². The minimum atomic E-state index is -5.71. The summed E-state index contributed by atoms with van der Waals surface area (Å²) >= 11 is 5.89. The van der Waals surface area contributed by atoms with E-state index in [9.17, 15) is 53.9 Å². The molecule has 0 saturated heterocycles. The first-order valence-corrected chi connectivity index (χ1v) is 11.7. The van der Waals surface area contributed by atoms with Gasteiger partial charge < -0.3 is 14.8 Å². The number of nitrogens with one attached hydrogen (secondary N) is 1. The Hall–Kier alpha value is -3.53. The molecule has 1 saturated carbocycles. The van der Waals surface area contributed by atoms with Crippen molar-refractivity contribution in [2.75, 3.05) is 0 Å². The number of alkyl halides is 6. The zero-order valence-electron chi connectivity index (χ0n) is 17.4. The number of aromatic amines is 1. The maximum absolute atomic E-state index is 14.8. The molecule has 0 bridgehead atoms. The molecular weight excluding hydrogens is 563 g/mol. The lowest BCUT2D eigenvalue weighted by molar-refractivity contribution is -0.425. The van der Waals surface area contributed by atoms with Crippen molar-refractivity contribution in [2.24, 2.45) is 0 Å². The van der Waals surface area contributed by atoms with E-state index in [0.717, 1.165) is 18.2 Å². The largest absolute Gasteiger partial charge is 0.421 e. The molecule has 2 aromatic heterocycles. The smallest absolute Gasteiger partial charge is 0.376 e. The molecule has 5 rings (SSSR count). The zero-order chi connectivity index (χ0) is 27.5. The van der Waals surface area contributed by atoms with E-state index >= 15 is 0 Å². The Labute approximate surface area is 204 Å². The lowest BCUT2D eigenvalue weighted by Crippen LogP contribution is -2.74. The van der Waals surface area contributed by atoms with Gasteiger partial charge in [0.1, 0.15) is 5.82 Å². The summed E-state index contributed by atoms with van der Waals surface area (Å²) in [6.07, 6.45) is 0.491. The van der Waals surface area contributed by atoms with Crippen LogP contribution in [0.1, 0.15) is 6.04 Å². The summed E-state index contributed by atoms with van der Waals surface area (Å²) in [5.74, 6) is -17.6. The first-order chi connectivity index (χ1) is 17.0. The molecule has 37 heavy (non-hydrogen) atoms. The van der Waals surface area contributed by atoms with Gasteiger partial charge in [-0.1, -0.05) is 16.3 Å². The Bertz CT molecular complexity index is 1860. The highest BCUT2D eigenvalue weighted by Crippen LogP contribution is 2.67. The molecule has 1 fully saturated rings. The monoisotopic (exact) mass is 571 g/mol. The van der Waals surface area contributed by atoms with E-state index in [0.29, 0.717) is 18.3 Å². The minimum Gasteiger partial charge on any atom is -0.421 e. The Morgan fingerprint density at radius 1 is 1.00 bits per heavy atom. The van der Waals surface area contributed by atoms with Gasteiger partial charge in [0, 0.05) is 11.6 Å². The Balaban J connectivity index is 1.77. The van der Waals surface area contributed by atoms with E-state index in [1.165, 1.54) is 0 Å². The highest BCUT2D eigenvalue weighted by Gasteiger charge is 2.91. The van der Waals surface area contributed by atoms with E-state index in [-0.39, 0.29) is 4.57 Å². The van der Waals surface area contributed by atoms with Gasteiger partial charge in [0.05, 0.1) is 31.2 Å². The summed E-state index contributed by atoms with van der Waals surface area (Å²) in [4.78, 5) is 24.2. The molecule has 17 heteroatoms. The predicted molar refractivity (Wildman–Crippen MR) is 112 cm³/mol. The van der Waals surface area contributed by atoms with E-state index in [2.05, 4.69) is 0 Å². The third-order valence-electron chi connectivity index (χ3n) is 6.11. The van der Waals surface area contributed by atoms with Gasteiger partial charge in [0.2, 0.25) is 9.84 Å². The quantitative estimate of drug-likeness (QED) is 0.285. The standard InChI is InChI=1S/C20H9ClF7N3O5S/c21-9-1-2-12(14-13(9)15(32)31(34)17(33)29-14)37(35,36)7-5-10(22)8-3-4-30(11(8)6-7)16-18(23,24)20(27,28)19(16,25)26/h1-6,16,34H,(H,29,33). The summed E-state index contributed by atoms with van der Waals surface area (Å²) in [7, 11) is -4.97. The molecule has 0 atom stereocenters. The minimum absolute atomic E-state index is 0.0406. The number of hydrogen-bond acceptors (Lipinski definition) is 5. The van der Waals surface area contributed by atoms with E-state index in [4.69, 9.17) is 11.6 Å². The van der Waals surface area contributed by atoms with Crippen LogP contribution >= 0.6 is 11.6 Å². The highest BCUT2D eigenvalue weighted by atomic mass is 35.5. The van der Waals surface area contributed by atoms with Gasteiger partial charge in [-0.15, -0.1) is 0 Å². The normalized spacial score (nSPS) is 18.8. The fourth-order valence-corrected chi connectivity index (χ4v) is 5.93. The van der Waals surface area contributed by atoms with Crippen molar-refractivity contribution in [2.45, 2.75) is 33.6 Å². The maximum Gasteiger partial charge on any atom is 0.376 e. The second-order valence-electron chi connectivity index (χ2n) is 8.13. The first kappa shape index (κ1) is 25.1. The van der Waals surface area contributed by atoms with E-state index in [1.54, 1.807) is 0 Å². The van der Waals surface area contributed by atoms with Crippen LogP contribution in [0.5, 0.6) is 0 Å². The summed E-state index contributed by atoms with van der Waals surface area (Å²) in [6.45, 7) is 0. The Morgan fingerprint density at radius 3 is 2.24 bits per heavy atom. The number of fused-ring (bicyclic) bond motifs is 2. The van der Waals surface area contributed by atoms with Crippen LogP contribution in [0.15, 0.2) is 55.9 Å². The molecule has 0 amide bonds. The summed E-state index contributed by atoms with van der Waals surface area (Å²) in [5, 5.41) is 7.84. The van der Waals surface area contributed by atoms with Crippen molar-refractivity contribution in [1.82, 2.24) is 14.3 Å². The van der Waals surface area contributed by atoms with Crippen LogP contribution in [0, 0.1) is 5.82 Å². The number of benzene rings is 2. The summed E-state index contributed by atoms with van der Waals surface area (Å²) < 4.78 is 124. The van der Waals surface area contributed by atoms with E-state index in [1.807, 2.05) is 4.98 Å². The zero-order valence-corrected chi connectivity index (χ0v) is 19.0. The van der Waals surface area contributed by atoms with Crippen LogP contribution in [-0.2, 0) is 9.84 Å². The molecular formula is C20H9ClF7N3O5S. The van der Waals surface area contributed by atoms with Crippen LogP contribution in [0.2, 0.25) is 5.02 Å². The molecule has 0 aliphatic heterocycles. The number of aromatic nitrogens is 3. The Morgan fingerprint density at radius 2 is 1.62 bits per heavy atom. The van der Waals surface area contributed by atoms with Crippen molar-refractivity contribution in [3.8, 4) is 0 Å². The van der Waals surface area contributed by atoms with Gasteiger partial charge in [-0.05, 0) is 30.3 Å². The topological polar surface area (TPSA) is 114 Å². The summed E-state index contributed by atoms with van der Waals surface area (Å²) in [5.41, 5.74) is -4.46. The highest BCUT2D eigenvalue weighted by molar-refractivity contribution is 7.91. The lowest BCUT2D eigenvalue weighted by atomic mass is 9.78. The number of halogens is 8. The van der Waals surface area contributed by atoms with Gasteiger partial charge in [-0.2, -0.15) is 26.3 Å². The SMILES string of the molecule is O=c1[nH]c2c(S(=O)(=O)c3cc(F)c4ccn(C5C(F)(F)C(F)(F)C5(F)F)c4c3)ccc(Cl)c2c(=O)n1O. The summed E-state index contributed by atoms with van der Waals surface area (Å²) in [6, 6.07) is -0.135. The maximum atomic E-state index is 14.8. The van der Waals surface area contributed by atoms with Crippen LogP contribution in [0.25, 0.3) is 21.8 Å². The van der Waals surface area contributed by atoms with Crippen LogP contribution in [-0.4, -0.2) is 45.7 Å². The molecule has 0 unspecified atom stereocenters. The van der Waals surface area contributed by atoms with Crippen molar-refractivity contribution < 1.29 is 44.4 Å². The van der Waals surface area contributed by atoms with Crippen LogP contribution in [0.3, 0.4) is 0 Å². The second kappa shape index (κ2) is 7.28. The predicted octanol–water partition coefficient (Wildman–Crippen LogP) is 3.97. The fraction of sp³-hybridized carbons (Fsp3) is 0.200. The first-order valence-electron chi connectivity index (χ1n) is 9.81. The van der Waals surface area contributed by atoms with Crippen molar-refractivity contribution in [1.29, 1.82) is 0 Å².